The molecule has 0 aromatic carbocycles. The summed E-state index contributed by atoms with van der Waals surface area (Å²) in [6.07, 6.45) is 1.48. The molecule has 8 heteroatoms. The Labute approximate surface area is 128 Å². The Morgan fingerprint density at radius 2 is 2.33 bits per heavy atom. The SMILES string of the molecule is Cc1ncn(Cc2cc(-c3ccc(Cl)s3)on2)c1C(=O)O. The molecule has 0 unspecified atom stereocenters. The summed E-state index contributed by atoms with van der Waals surface area (Å²) in [6, 6.07) is 5.40. The second-order valence-electron chi connectivity index (χ2n) is 4.40. The average Bonchev–Trinajstić information content (AvgIpc) is 3.11. The van der Waals surface area contributed by atoms with E-state index in [0.29, 0.717) is 21.5 Å². The van der Waals surface area contributed by atoms with Crippen molar-refractivity contribution in [1.82, 2.24) is 14.7 Å². The van der Waals surface area contributed by atoms with Crippen LogP contribution in [0.4, 0.5) is 0 Å². The van der Waals surface area contributed by atoms with Gasteiger partial charge in [-0.05, 0) is 19.1 Å². The molecule has 0 aliphatic heterocycles. The predicted octanol–water partition coefficient (Wildman–Crippen LogP) is 3.31. The van der Waals surface area contributed by atoms with E-state index in [9.17, 15) is 9.90 Å². The Morgan fingerprint density at radius 1 is 1.52 bits per heavy atom. The number of halogens is 1. The summed E-state index contributed by atoms with van der Waals surface area (Å²) >= 11 is 7.28. The third kappa shape index (κ3) is 2.70. The summed E-state index contributed by atoms with van der Waals surface area (Å²) in [5.74, 6) is -0.408. The van der Waals surface area contributed by atoms with E-state index in [0.717, 1.165) is 4.88 Å². The molecule has 0 spiro atoms. The molecule has 0 saturated carbocycles. The first kappa shape index (κ1) is 13.8. The maximum Gasteiger partial charge on any atom is 0.354 e. The van der Waals surface area contributed by atoms with Crippen LogP contribution < -0.4 is 0 Å². The maximum atomic E-state index is 11.2. The summed E-state index contributed by atoms with van der Waals surface area (Å²) in [5.41, 5.74) is 1.24. The van der Waals surface area contributed by atoms with Crippen LogP contribution in [0.2, 0.25) is 4.34 Å². The van der Waals surface area contributed by atoms with E-state index >= 15 is 0 Å². The zero-order valence-electron chi connectivity index (χ0n) is 10.9. The standard InChI is InChI=1S/C13H10ClN3O3S/c1-7-12(13(18)19)17(6-15-7)5-8-4-9(20-16-8)10-2-3-11(14)21-10/h2-4,6H,5H2,1H3,(H,18,19). The molecule has 108 valence electrons. The average molecular weight is 324 g/mol. The molecule has 0 amide bonds. The fraction of sp³-hybridized carbons (Fsp3) is 0.154. The molecule has 6 nitrogen and oxygen atoms in total. The fourth-order valence-corrected chi connectivity index (χ4v) is 3.00. The van der Waals surface area contributed by atoms with E-state index in [4.69, 9.17) is 16.1 Å². The van der Waals surface area contributed by atoms with Crippen molar-refractivity contribution in [2.45, 2.75) is 13.5 Å². The number of rotatable bonds is 4. The molecule has 0 saturated heterocycles. The van der Waals surface area contributed by atoms with Crippen LogP contribution in [0, 0.1) is 6.92 Å². The highest BCUT2D eigenvalue weighted by atomic mass is 35.5. The molecule has 0 bridgehead atoms. The van der Waals surface area contributed by atoms with Gasteiger partial charge < -0.3 is 14.2 Å². The number of aromatic carboxylic acids is 1. The summed E-state index contributed by atoms with van der Waals surface area (Å²) in [7, 11) is 0. The lowest BCUT2D eigenvalue weighted by Crippen LogP contribution is -2.10. The second kappa shape index (κ2) is 5.34. The van der Waals surface area contributed by atoms with Crippen molar-refractivity contribution >= 4 is 28.9 Å². The van der Waals surface area contributed by atoms with Gasteiger partial charge in [0.05, 0.1) is 27.8 Å². The topological polar surface area (TPSA) is 81.2 Å². The van der Waals surface area contributed by atoms with Gasteiger partial charge in [-0.15, -0.1) is 11.3 Å². The lowest BCUT2D eigenvalue weighted by Gasteiger charge is -2.02. The first-order valence-electron chi connectivity index (χ1n) is 6.01. The number of carboxylic acids is 1. The minimum atomic E-state index is -1.02. The van der Waals surface area contributed by atoms with Crippen LogP contribution in [0.3, 0.4) is 0 Å². The van der Waals surface area contributed by atoms with Crippen LogP contribution >= 0.6 is 22.9 Å². The van der Waals surface area contributed by atoms with Gasteiger partial charge in [-0.3, -0.25) is 0 Å². The van der Waals surface area contributed by atoms with Gasteiger partial charge in [-0.2, -0.15) is 0 Å². The van der Waals surface area contributed by atoms with Crippen molar-refractivity contribution in [2.24, 2.45) is 0 Å². The van der Waals surface area contributed by atoms with Crippen molar-refractivity contribution in [2.75, 3.05) is 0 Å². The highest BCUT2D eigenvalue weighted by molar-refractivity contribution is 7.19. The number of carbonyl (C=O) groups is 1. The van der Waals surface area contributed by atoms with Crippen molar-refractivity contribution < 1.29 is 14.4 Å². The molecule has 0 radical (unpaired) electrons. The molecule has 0 aliphatic carbocycles. The fourth-order valence-electron chi connectivity index (χ4n) is 2.00. The van der Waals surface area contributed by atoms with E-state index in [-0.39, 0.29) is 12.2 Å². The number of imidazole rings is 1. The molecule has 3 rings (SSSR count). The quantitative estimate of drug-likeness (QED) is 0.796. The third-order valence-corrected chi connectivity index (χ3v) is 4.18. The van der Waals surface area contributed by atoms with Crippen molar-refractivity contribution in [3.05, 3.63) is 45.9 Å². The normalized spacial score (nSPS) is 11.0. The van der Waals surface area contributed by atoms with Gasteiger partial charge in [0.2, 0.25) is 0 Å². The summed E-state index contributed by atoms with van der Waals surface area (Å²) in [6.45, 7) is 1.94. The number of hydrogen-bond donors (Lipinski definition) is 1. The zero-order chi connectivity index (χ0) is 15.0. The van der Waals surface area contributed by atoms with Crippen LogP contribution in [0.15, 0.2) is 29.0 Å². The first-order chi connectivity index (χ1) is 10.0. The lowest BCUT2D eigenvalue weighted by atomic mass is 10.3. The Kier molecular flexibility index (Phi) is 3.52. The molecule has 3 heterocycles. The number of carboxylic acid groups (broad SMARTS) is 1. The monoisotopic (exact) mass is 323 g/mol. The maximum absolute atomic E-state index is 11.2. The molecule has 21 heavy (non-hydrogen) atoms. The Bertz CT molecular complexity index is 805. The number of aromatic nitrogens is 3. The number of aryl methyl sites for hydroxylation is 1. The number of thiophene rings is 1. The summed E-state index contributed by atoms with van der Waals surface area (Å²) in [4.78, 5) is 16.1. The Morgan fingerprint density at radius 3 is 3.00 bits per heavy atom. The largest absolute Gasteiger partial charge is 0.477 e. The molecular formula is C13H10ClN3O3S. The van der Waals surface area contributed by atoms with Gasteiger partial charge >= 0.3 is 5.97 Å². The molecule has 0 aliphatic rings. The molecule has 0 fully saturated rings. The summed E-state index contributed by atoms with van der Waals surface area (Å²) < 4.78 is 7.46. The lowest BCUT2D eigenvalue weighted by molar-refractivity contribution is 0.0684. The highest BCUT2D eigenvalue weighted by Gasteiger charge is 2.16. The predicted molar refractivity (Wildman–Crippen MR) is 77.9 cm³/mol. The van der Waals surface area contributed by atoms with Gasteiger partial charge in [-0.1, -0.05) is 16.8 Å². The number of nitrogens with zero attached hydrogens (tertiary/aromatic N) is 3. The van der Waals surface area contributed by atoms with E-state index in [1.807, 2.05) is 6.07 Å². The van der Waals surface area contributed by atoms with Crippen LogP contribution in [-0.4, -0.2) is 25.8 Å². The molecule has 1 N–H and O–H groups in total. The Balaban J connectivity index is 1.87. The van der Waals surface area contributed by atoms with E-state index in [1.54, 1.807) is 19.1 Å². The smallest absolute Gasteiger partial charge is 0.354 e. The summed E-state index contributed by atoms with van der Waals surface area (Å²) in [5, 5.41) is 13.1. The minimum absolute atomic E-state index is 0.152. The first-order valence-corrected chi connectivity index (χ1v) is 7.20. The van der Waals surface area contributed by atoms with Gasteiger partial charge in [0.1, 0.15) is 11.4 Å². The van der Waals surface area contributed by atoms with Crippen molar-refractivity contribution in [3.63, 3.8) is 0 Å². The van der Waals surface area contributed by atoms with E-state index in [1.165, 1.54) is 22.2 Å². The number of hydrogen-bond acceptors (Lipinski definition) is 5. The molecule has 3 aromatic heterocycles. The van der Waals surface area contributed by atoms with Crippen molar-refractivity contribution in [1.29, 1.82) is 0 Å². The van der Waals surface area contributed by atoms with Crippen LogP contribution in [0.1, 0.15) is 21.9 Å². The van der Waals surface area contributed by atoms with Crippen LogP contribution in [0.5, 0.6) is 0 Å². The van der Waals surface area contributed by atoms with Gasteiger partial charge in [0.25, 0.3) is 0 Å². The minimum Gasteiger partial charge on any atom is -0.477 e. The van der Waals surface area contributed by atoms with Crippen LogP contribution in [0.25, 0.3) is 10.6 Å². The molecule has 3 aromatic rings. The zero-order valence-corrected chi connectivity index (χ0v) is 12.5. The van der Waals surface area contributed by atoms with Crippen LogP contribution in [-0.2, 0) is 6.54 Å². The highest BCUT2D eigenvalue weighted by Crippen LogP contribution is 2.31. The molecular weight excluding hydrogens is 314 g/mol. The second-order valence-corrected chi connectivity index (χ2v) is 6.11. The van der Waals surface area contributed by atoms with Gasteiger partial charge in [0, 0.05) is 6.07 Å². The van der Waals surface area contributed by atoms with Gasteiger partial charge in [-0.25, -0.2) is 9.78 Å². The molecule has 0 atom stereocenters. The van der Waals surface area contributed by atoms with E-state index in [2.05, 4.69) is 10.1 Å². The third-order valence-electron chi connectivity index (χ3n) is 2.93. The Hall–Kier alpha value is -2.12. The van der Waals surface area contributed by atoms with E-state index < -0.39 is 5.97 Å². The van der Waals surface area contributed by atoms with Crippen molar-refractivity contribution in [3.8, 4) is 10.6 Å². The van der Waals surface area contributed by atoms with Gasteiger partial charge in [0.15, 0.2) is 5.76 Å².